The van der Waals surface area contributed by atoms with Crippen LogP contribution in [0.1, 0.15) is 53.6 Å². The van der Waals surface area contributed by atoms with Gasteiger partial charge in [0.15, 0.2) is 9.84 Å². The molecule has 0 atom stereocenters. The quantitative estimate of drug-likeness (QED) is 0.821. The van der Waals surface area contributed by atoms with E-state index in [-0.39, 0.29) is 17.1 Å². The van der Waals surface area contributed by atoms with Gasteiger partial charge < -0.3 is 5.32 Å². The first kappa shape index (κ1) is 19.6. The number of hydrogen-bond acceptors (Lipinski definition) is 3. The molecule has 0 bridgehead atoms. The molecular weight excluding hydrogens is 358 g/mol. The molecule has 4 nitrogen and oxygen atoms in total. The molecule has 1 fully saturated rings. The van der Waals surface area contributed by atoms with E-state index < -0.39 is 9.84 Å². The van der Waals surface area contributed by atoms with E-state index in [1.807, 2.05) is 6.07 Å². The summed E-state index contributed by atoms with van der Waals surface area (Å²) in [6, 6.07) is 17.3. The highest BCUT2D eigenvalue weighted by Gasteiger charge is 2.34. The zero-order valence-corrected chi connectivity index (χ0v) is 16.6. The topological polar surface area (TPSA) is 63.2 Å². The van der Waals surface area contributed by atoms with Gasteiger partial charge in [-0.05, 0) is 36.1 Å². The first-order valence-electron chi connectivity index (χ1n) is 9.48. The number of amides is 1. The fourth-order valence-corrected chi connectivity index (χ4v) is 4.83. The number of rotatable bonds is 6. The summed E-state index contributed by atoms with van der Waals surface area (Å²) in [6.07, 6.45) is 6.95. The van der Waals surface area contributed by atoms with Crippen LogP contribution in [0.3, 0.4) is 0 Å². The first-order valence-corrected chi connectivity index (χ1v) is 11.5. The highest BCUT2D eigenvalue weighted by molar-refractivity contribution is 7.89. The Hall–Kier alpha value is -2.14. The van der Waals surface area contributed by atoms with E-state index >= 15 is 0 Å². The van der Waals surface area contributed by atoms with Crippen molar-refractivity contribution in [2.24, 2.45) is 0 Å². The molecule has 144 valence electrons. The molecule has 3 rings (SSSR count). The second-order valence-corrected chi connectivity index (χ2v) is 9.80. The Morgan fingerprint density at radius 1 is 1.00 bits per heavy atom. The maximum Gasteiger partial charge on any atom is 0.251 e. The van der Waals surface area contributed by atoms with Gasteiger partial charge in [0.2, 0.25) is 0 Å². The zero-order valence-electron chi connectivity index (χ0n) is 15.8. The minimum Gasteiger partial charge on any atom is -0.351 e. The van der Waals surface area contributed by atoms with Crippen molar-refractivity contribution in [3.63, 3.8) is 0 Å². The van der Waals surface area contributed by atoms with Crippen molar-refractivity contribution >= 4 is 15.7 Å². The summed E-state index contributed by atoms with van der Waals surface area (Å²) in [5.74, 6) is -0.201. The van der Waals surface area contributed by atoms with E-state index in [4.69, 9.17) is 0 Å². The van der Waals surface area contributed by atoms with Crippen molar-refractivity contribution in [3.8, 4) is 0 Å². The molecule has 0 radical (unpaired) electrons. The summed E-state index contributed by atoms with van der Waals surface area (Å²) in [7, 11) is -3.13. The van der Waals surface area contributed by atoms with Crippen LogP contribution in [0.2, 0.25) is 0 Å². The largest absolute Gasteiger partial charge is 0.351 e. The lowest BCUT2D eigenvalue weighted by atomic mass is 9.69. The zero-order chi connectivity index (χ0) is 19.3. The molecule has 0 spiro atoms. The maximum atomic E-state index is 12.7. The lowest BCUT2D eigenvalue weighted by molar-refractivity contribution is 0.0936. The van der Waals surface area contributed by atoms with E-state index in [9.17, 15) is 13.2 Å². The third kappa shape index (κ3) is 5.19. The Morgan fingerprint density at radius 3 is 2.37 bits per heavy atom. The SMILES string of the molecule is CS(=O)(=O)Cc1cccc(C(=O)NCC2(c3ccccc3)CCCCC2)c1. The number of benzene rings is 2. The van der Waals surface area contributed by atoms with E-state index in [2.05, 4.69) is 29.6 Å². The van der Waals surface area contributed by atoms with Gasteiger partial charge in [0.05, 0.1) is 5.75 Å². The van der Waals surface area contributed by atoms with Gasteiger partial charge in [-0.1, -0.05) is 61.7 Å². The van der Waals surface area contributed by atoms with Crippen LogP contribution in [-0.2, 0) is 21.0 Å². The molecule has 1 saturated carbocycles. The Balaban J connectivity index is 1.74. The number of carbonyl (C=O) groups excluding carboxylic acids is 1. The molecule has 0 aromatic heterocycles. The summed E-state index contributed by atoms with van der Waals surface area (Å²) >= 11 is 0. The maximum absolute atomic E-state index is 12.7. The summed E-state index contributed by atoms with van der Waals surface area (Å²) in [6.45, 7) is 0.603. The molecule has 2 aromatic carbocycles. The second-order valence-electron chi connectivity index (χ2n) is 7.66. The molecule has 27 heavy (non-hydrogen) atoms. The molecule has 0 heterocycles. The van der Waals surface area contributed by atoms with Crippen molar-refractivity contribution in [2.45, 2.75) is 43.3 Å². The number of carbonyl (C=O) groups is 1. The molecule has 1 aliphatic carbocycles. The molecule has 0 aliphatic heterocycles. The van der Waals surface area contributed by atoms with Crippen LogP contribution in [0.5, 0.6) is 0 Å². The Labute approximate surface area is 161 Å². The molecule has 5 heteroatoms. The fraction of sp³-hybridized carbons (Fsp3) is 0.409. The standard InChI is InChI=1S/C22H27NO3S/c1-27(25,26)16-18-9-8-10-19(15-18)21(24)23-17-22(13-6-3-7-14-22)20-11-4-2-5-12-20/h2,4-5,8-12,15H,3,6-7,13-14,16-17H2,1H3,(H,23,24). The minimum atomic E-state index is -3.13. The highest BCUT2D eigenvalue weighted by atomic mass is 32.2. The van der Waals surface area contributed by atoms with E-state index in [0.717, 1.165) is 12.8 Å². The lowest BCUT2D eigenvalue weighted by Crippen LogP contribution is -2.42. The van der Waals surface area contributed by atoms with Crippen molar-refractivity contribution < 1.29 is 13.2 Å². The normalized spacial score (nSPS) is 16.6. The molecular formula is C22H27NO3S. The van der Waals surface area contributed by atoms with Crippen molar-refractivity contribution in [2.75, 3.05) is 12.8 Å². The van der Waals surface area contributed by atoms with Crippen molar-refractivity contribution in [1.29, 1.82) is 0 Å². The van der Waals surface area contributed by atoms with Crippen molar-refractivity contribution in [3.05, 3.63) is 71.3 Å². The van der Waals surface area contributed by atoms with Gasteiger partial charge in [-0.25, -0.2) is 8.42 Å². The minimum absolute atomic E-state index is 0.0143. The Morgan fingerprint density at radius 2 is 1.70 bits per heavy atom. The number of sulfone groups is 1. The molecule has 2 aromatic rings. The molecule has 1 amide bonds. The van der Waals surface area contributed by atoms with Gasteiger partial charge in [-0.2, -0.15) is 0 Å². The highest BCUT2D eigenvalue weighted by Crippen LogP contribution is 2.38. The van der Waals surface area contributed by atoms with Crippen LogP contribution >= 0.6 is 0 Å². The smallest absolute Gasteiger partial charge is 0.251 e. The van der Waals surface area contributed by atoms with E-state index in [1.165, 1.54) is 31.1 Å². The predicted octanol–water partition coefficient (Wildman–Crippen LogP) is 3.86. The van der Waals surface area contributed by atoms with Crippen LogP contribution in [0, 0.1) is 0 Å². The van der Waals surface area contributed by atoms with Gasteiger partial charge in [-0.15, -0.1) is 0 Å². The predicted molar refractivity (Wildman–Crippen MR) is 109 cm³/mol. The number of nitrogens with one attached hydrogen (secondary N) is 1. The van der Waals surface area contributed by atoms with Crippen LogP contribution in [-0.4, -0.2) is 27.1 Å². The average Bonchev–Trinajstić information content (AvgIpc) is 2.66. The summed E-state index contributed by atoms with van der Waals surface area (Å²) < 4.78 is 23.0. The molecule has 1 N–H and O–H groups in total. The Bertz CT molecular complexity index is 885. The lowest BCUT2D eigenvalue weighted by Gasteiger charge is -2.38. The average molecular weight is 386 g/mol. The van der Waals surface area contributed by atoms with Crippen LogP contribution in [0.15, 0.2) is 54.6 Å². The van der Waals surface area contributed by atoms with Gasteiger partial charge in [-0.3, -0.25) is 4.79 Å². The van der Waals surface area contributed by atoms with Crippen LogP contribution < -0.4 is 5.32 Å². The van der Waals surface area contributed by atoms with Gasteiger partial charge in [0.1, 0.15) is 0 Å². The Kier molecular flexibility index (Phi) is 6.00. The second kappa shape index (κ2) is 8.26. The fourth-order valence-electron chi connectivity index (χ4n) is 4.04. The van der Waals surface area contributed by atoms with Gasteiger partial charge in [0.25, 0.3) is 5.91 Å². The molecule has 0 unspecified atom stereocenters. The number of hydrogen-bond donors (Lipinski definition) is 1. The third-order valence-electron chi connectivity index (χ3n) is 5.40. The first-order chi connectivity index (χ1) is 12.9. The molecule has 0 saturated heterocycles. The summed E-state index contributed by atoms with van der Waals surface area (Å²) in [4.78, 5) is 12.7. The van der Waals surface area contributed by atoms with E-state index in [1.54, 1.807) is 24.3 Å². The summed E-state index contributed by atoms with van der Waals surface area (Å²) in [5, 5.41) is 3.11. The summed E-state index contributed by atoms with van der Waals surface area (Å²) in [5.41, 5.74) is 2.42. The molecule has 1 aliphatic rings. The van der Waals surface area contributed by atoms with E-state index in [0.29, 0.717) is 17.7 Å². The monoisotopic (exact) mass is 385 g/mol. The van der Waals surface area contributed by atoms with Crippen LogP contribution in [0.4, 0.5) is 0 Å². The van der Waals surface area contributed by atoms with Gasteiger partial charge >= 0.3 is 0 Å². The van der Waals surface area contributed by atoms with Gasteiger partial charge in [0, 0.05) is 23.8 Å². The third-order valence-corrected chi connectivity index (χ3v) is 6.26. The van der Waals surface area contributed by atoms with Crippen LogP contribution in [0.25, 0.3) is 0 Å². The van der Waals surface area contributed by atoms with Crippen molar-refractivity contribution in [1.82, 2.24) is 5.32 Å².